The van der Waals surface area contributed by atoms with Gasteiger partial charge in [-0.15, -0.1) is 0 Å². The maximum absolute atomic E-state index is 12.2. The molecular formula is C13H22O7P2. The molecule has 0 fully saturated rings. The third-order valence-electron chi connectivity index (χ3n) is 3.13. The first-order chi connectivity index (χ1) is 10.3. The van der Waals surface area contributed by atoms with Gasteiger partial charge in [0.15, 0.2) is 0 Å². The quantitative estimate of drug-likeness (QED) is 0.627. The molecule has 0 atom stereocenters. The number of methoxy groups -OCH3 is 1. The molecule has 1 aromatic rings. The molecule has 0 bridgehead atoms. The van der Waals surface area contributed by atoms with Crippen LogP contribution in [0.5, 0.6) is 5.75 Å². The zero-order valence-electron chi connectivity index (χ0n) is 13.4. The highest BCUT2D eigenvalue weighted by Crippen LogP contribution is 2.52. The van der Waals surface area contributed by atoms with E-state index >= 15 is 0 Å². The first-order valence-corrected chi connectivity index (χ1v) is 9.87. The molecule has 1 rings (SSSR count). The van der Waals surface area contributed by atoms with E-state index in [0.717, 1.165) is 0 Å². The molecule has 0 unspecified atom stereocenters. The molecule has 0 spiro atoms. The molecule has 0 radical (unpaired) electrons. The third kappa shape index (κ3) is 5.20. The average Bonchev–Trinajstić information content (AvgIpc) is 2.54. The molecule has 0 saturated heterocycles. The largest absolute Gasteiger partial charge is 0.497 e. The Morgan fingerprint density at radius 1 is 0.727 bits per heavy atom. The van der Waals surface area contributed by atoms with Crippen molar-refractivity contribution < 1.29 is 32.0 Å². The first-order valence-electron chi connectivity index (χ1n) is 6.41. The highest BCUT2D eigenvalue weighted by molar-refractivity contribution is 7.53. The second kappa shape index (κ2) is 8.25. The van der Waals surface area contributed by atoms with E-state index in [4.69, 9.17) is 22.8 Å². The van der Waals surface area contributed by atoms with Crippen molar-refractivity contribution in [3.8, 4) is 5.75 Å². The lowest BCUT2D eigenvalue weighted by atomic mass is 10.1. The van der Waals surface area contributed by atoms with Crippen molar-refractivity contribution in [3.05, 3.63) is 29.3 Å². The maximum Gasteiger partial charge on any atom is 0.334 e. The number of hydrogen-bond acceptors (Lipinski definition) is 7. The van der Waals surface area contributed by atoms with Gasteiger partial charge in [-0.1, -0.05) is 6.07 Å². The Morgan fingerprint density at radius 3 is 1.36 bits per heavy atom. The zero-order valence-corrected chi connectivity index (χ0v) is 15.2. The monoisotopic (exact) mass is 352 g/mol. The maximum atomic E-state index is 12.2. The Labute approximate surface area is 130 Å². The van der Waals surface area contributed by atoms with Gasteiger partial charge in [-0.3, -0.25) is 9.13 Å². The molecule has 0 saturated carbocycles. The molecule has 7 nitrogen and oxygen atoms in total. The molecular weight excluding hydrogens is 330 g/mol. The zero-order chi connectivity index (χ0) is 16.8. The summed E-state index contributed by atoms with van der Waals surface area (Å²) >= 11 is 0. The van der Waals surface area contributed by atoms with Gasteiger partial charge < -0.3 is 22.8 Å². The lowest BCUT2D eigenvalue weighted by molar-refractivity contribution is 0.274. The van der Waals surface area contributed by atoms with Gasteiger partial charge >= 0.3 is 15.2 Å². The van der Waals surface area contributed by atoms with Crippen LogP contribution in [0.3, 0.4) is 0 Å². The van der Waals surface area contributed by atoms with Crippen LogP contribution in [0.15, 0.2) is 18.2 Å². The number of hydrogen-bond donors (Lipinski definition) is 0. The highest BCUT2D eigenvalue weighted by atomic mass is 31.2. The van der Waals surface area contributed by atoms with Crippen LogP contribution >= 0.6 is 15.2 Å². The van der Waals surface area contributed by atoms with Crippen LogP contribution in [0.2, 0.25) is 0 Å². The van der Waals surface area contributed by atoms with Crippen molar-refractivity contribution in [2.24, 2.45) is 0 Å². The summed E-state index contributed by atoms with van der Waals surface area (Å²) < 4.78 is 49.4. The Morgan fingerprint density at radius 2 is 1.09 bits per heavy atom. The lowest BCUT2D eigenvalue weighted by Crippen LogP contribution is -1.98. The second-order valence-electron chi connectivity index (χ2n) is 4.46. The van der Waals surface area contributed by atoms with Crippen LogP contribution in [0.25, 0.3) is 0 Å². The minimum absolute atomic E-state index is 0.0778. The summed E-state index contributed by atoms with van der Waals surface area (Å²) in [6.45, 7) is 0. The van der Waals surface area contributed by atoms with Crippen LogP contribution in [0.1, 0.15) is 11.1 Å². The van der Waals surface area contributed by atoms with Crippen LogP contribution in [-0.2, 0) is 39.5 Å². The van der Waals surface area contributed by atoms with E-state index in [2.05, 4.69) is 0 Å². The summed E-state index contributed by atoms with van der Waals surface area (Å²) in [5, 5.41) is 0. The van der Waals surface area contributed by atoms with Crippen molar-refractivity contribution in [1.82, 2.24) is 0 Å². The van der Waals surface area contributed by atoms with E-state index in [9.17, 15) is 9.13 Å². The summed E-state index contributed by atoms with van der Waals surface area (Å²) in [5.41, 5.74) is 1.36. The van der Waals surface area contributed by atoms with Crippen molar-refractivity contribution in [2.45, 2.75) is 12.3 Å². The van der Waals surface area contributed by atoms with E-state index in [-0.39, 0.29) is 12.3 Å². The molecule has 0 aliphatic carbocycles. The second-order valence-corrected chi connectivity index (χ2v) is 8.99. The van der Waals surface area contributed by atoms with E-state index in [1.54, 1.807) is 18.2 Å². The Hall–Kier alpha value is -0.680. The third-order valence-corrected chi connectivity index (χ3v) is 6.86. The van der Waals surface area contributed by atoms with Crippen molar-refractivity contribution in [2.75, 3.05) is 35.5 Å². The first kappa shape index (κ1) is 19.4. The molecule has 0 amide bonds. The molecule has 9 heteroatoms. The number of rotatable bonds is 9. The molecule has 1 aromatic carbocycles. The van der Waals surface area contributed by atoms with E-state index < -0.39 is 15.2 Å². The van der Waals surface area contributed by atoms with Gasteiger partial charge in [0.2, 0.25) is 0 Å². The topological polar surface area (TPSA) is 80.3 Å². The SMILES string of the molecule is COc1cc(CP(=O)(OC)OC)cc(CP(=O)(OC)OC)c1. The lowest BCUT2D eigenvalue weighted by Gasteiger charge is -2.17. The van der Waals surface area contributed by atoms with Gasteiger partial charge in [0.25, 0.3) is 0 Å². The average molecular weight is 352 g/mol. The van der Waals surface area contributed by atoms with Gasteiger partial charge in [0.1, 0.15) is 5.75 Å². The van der Waals surface area contributed by atoms with Gasteiger partial charge in [-0.05, 0) is 23.3 Å². The Kier molecular flexibility index (Phi) is 7.26. The minimum Gasteiger partial charge on any atom is -0.497 e. The predicted octanol–water partition coefficient (Wildman–Crippen LogP) is 3.67. The summed E-state index contributed by atoms with van der Waals surface area (Å²) in [6.07, 6.45) is 0.156. The highest BCUT2D eigenvalue weighted by Gasteiger charge is 2.25. The van der Waals surface area contributed by atoms with Gasteiger partial charge in [0.05, 0.1) is 19.4 Å². The fraction of sp³-hybridized carbons (Fsp3) is 0.538. The minimum atomic E-state index is -3.21. The Balaban J connectivity index is 3.13. The molecule has 22 heavy (non-hydrogen) atoms. The van der Waals surface area contributed by atoms with Crippen LogP contribution in [0.4, 0.5) is 0 Å². The van der Waals surface area contributed by atoms with Crippen LogP contribution in [0, 0.1) is 0 Å². The molecule has 0 aromatic heterocycles. The van der Waals surface area contributed by atoms with E-state index in [1.807, 2.05) is 0 Å². The number of ether oxygens (including phenoxy) is 1. The predicted molar refractivity (Wildman–Crippen MR) is 83.7 cm³/mol. The normalized spacial score (nSPS) is 12.4. The van der Waals surface area contributed by atoms with E-state index in [0.29, 0.717) is 16.9 Å². The Bertz CT molecular complexity index is 526. The fourth-order valence-corrected chi connectivity index (χ4v) is 3.96. The molecule has 126 valence electrons. The summed E-state index contributed by atoms with van der Waals surface area (Å²) in [7, 11) is 0.420. The standard InChI is InChI=1S/C13H22O7P2/c1-16-13-7-11(9-21(14,17-2)18-3)6-12(8-13)10-22(15,19-4)20-5/h6-8H,9-10H2,1-5H3. The van der Waals surface area contributed by atoms with Gasteiger partial charge in [-0.25, -0.2) is 0 Å². The van der Waals surface area contributed by atoms with Crippen molar-refractivity contribution in [1.29, 1.82) is 0 Å². The summed E-state index contributed by atoms with van der Waals surface area (Å²) in [5.74, 6) is 0.546. The fourth-order valence-electron chi connectivity index (χ4n) is 1.88. The molecule has 0 aliphatic rings. The molecule has 0 N–H and O–H groups in total. The van der Waals surface area contributed by atoms with Gasteiger partial charge in [-0.2, -0.15) is 0 Å². The van der Waals surface area contributed by atoms with Crippen molar-refractivity contribution >= 4 is 15.2 Å². The molecule has 0 heterocycles. The van der Waals surface area contributed by atoms with Crippen molar-refractivity contribution in [3.63, 3.8) is 0 Å². The molecule has 0 aliphatic heterocycles. The smallest absolute Gasteiger partial charge is 0.334 e. The summed E-state index contributed by atoms with van der Waals surface area (Å²) in [4.78, 5) is 0. The van der Waals surface area contributed by atoms with Crippen LogP contribution in [-0.4, -0.2) is 35.5 Å². The van der Waals surface area contributed by atoms with Crippen LogP contribution < -0.4 is 4.74 Å². The summed E-state index contributed by atoms with van der Waals surface area (Å²) in [6, 6.07) is 5.19. The van der Waals surface area contributed by atoms with E-state index in [1.165, 1.54) is 35.5 Å². The van der Waals surface area contributed by atoms with Gasteiger partial charge in [0, 0.05) is 28.4 Å². The number of benzene rings is 1.